The molecular weight excluding hydrogens is 1060 g/mol. The number of allylic oxidation sites excluding steroid dienone is 1. The molecule has 434 valence electrons. The summed E-state index contributed by atoms with van der Waals surface area (Å²) in [6.45, 7) is 7.74. The summed E-state index contributed by atoms with van der Waals surface area (Å²) in [5.41, 5.74) is 9.34. The quantitative estimate of drug-likeness (QED) is 0.0244. The maximum Gasteiger partial charge on any atom is 0.267 e. The van der Waals surface area contributed by atoms with Crippen LogP contribution in [0.4, 0.5) is 4.39 Å². The van der Waals surface area contributed by atoms with Crippen molar-refractivity contribution in [2.45, 2.75) is 122 Å². The molecule has 1 unspecified atom stereocenters. The Morgan fingerprint density at radius 1 is 0.926 bits per heavy atom. The number of ketones is 1. The summed E-state index contributed by atoms with van der Waals surface area (Å²) in [5, 5.41) is 35.2. The number of thiazole rings is 1. The van der Waals surface area contributed by atoms with Crippen LogP contribution in [0, 0.1) is 18.3 Å². The van der Waals surface area contributed by atoms with Gasteiger partial charge in [-0.25, -0.2) is 9.37 Å². The van der Waals surface area contributed by atoms with Crippen LogP contribution in [0.5, 0.6) is 11.5 Å². The number of aliphatic hydroxyl groups excluding tert-OH is 1. The van der Waals surface area contributed by atoms with Crippen LogP contribution in [0.25, 0.3) is 10.4 Å². The number of β-amino-alcohol motifs (C(OH)–C–C–N with tert-alkyl or cyclic N) is 1. The maximum atomic E-state index is 14.4. The van der Waals surface area contributed by atoms with Gasteiger partial charge in [0.1, 0.15) is 23.2 Å². The number of aliphatic hydroxyl groups is 1. The normalized spacial score (nSPS) is 17.6. The number of phenolic OH excluding ortho intramolecular Hbond substituents is 1. The highest BCUT2D eigenvalue weighted by molar-refractivity contribution is 7.13. The molecule has 1 aliphatic heterocycles. The summed E-state index contributed by atoms with van der Waals surface area (Å²) < 4.78 is 20.5. The summed E-state index contributed by atoms with van der Waals surface area (Å²) in [4.78, 5) is 113. The van der Waals surface area contributed by atoms with E-state index < -0.39 is 70.5 Å². The van der Waals surface area contributed by atoms with Crippen molar-refractivity contribution in [2.75, 3.05) is 46.9 Å². The Kier molecular flexibility index (Phi) is 20.1. The number of alkyl halides is 1. The third kappa shape index (κ3) is 15.8. The van der Waals surface area contributed by atoms with E-state index in [-0.39, 0.29) is 79.9 Å². The summed E-state index contributed by atoms with van der Waals surface area (Å²) in [6.07, 6.45) is 5.55. The number of nitrogens with two attached hydrogens (primary N) is 1. The zero-order valence-electron chi connectivity index (χ0n) is 46.7. The van der Waals surface area contributed by atoms with Gasteiger partial charge in [-0.15, -0.1) is 11.3 Å². The Labute approximate surface area is 474 Å². The van der Waals surface area contributed by atoms with E-state index >= 15 is 0 Å². The fraction of sp³-hybridized carbons (Fsp3) is 0.475. The van der Waals surface area contributed by atoms with Gasteiger partial charge in [0.15, 0.2) is 18.1 Å². The van der Waals surface area contributed by atoms with Crippen LogP contribution in [0.15, 0.2) is 71.9 Å². The summed E-state index contributed by atoms with van der Waals surface area (Å²) in [7, 11) is 3.07. The van der Waals surface area contributed by atoms with Crippen molar-refractivity contribution in [3.63, 3.8) is 0 Å². The number of benzene rings is 3. The zero-order valence-corrected chi connectivity index (χ0v) is 47.6. The molecule has 22 heteroatoms. The number of nitrogens with zero attached hydrogens (tertiary/aromatic N) is 3. The van der Waals surface area contributed by atoms with Gasteiger partial charge in [-0.05, 0) is 104 Å². The topological polar surface area (TPSA) is 292 Å². The smallest absolute Gasteiger partial charge is 0.267 e. The molecule has 2 heterocycles. The van der Waals surface area contributed by atoms with E-state index in [1.165, 1.54) is 47.4 Å². The van der Waals surface area contributed by atoms with Crippen LogP contribution in [0.2, 0.25) is 0 Å². The Morgan fingerprint density at radius 2 is 1.63 bits per heavy atom. The molecule has 2 aliphatic carbocycles. The number of carbonyl (C=O) groups is 8. The van der Waals surface area contributed by atoms with Crippen LogP contribution >= 0.6 is 11.3 Å². The predicted octanol–water partition coefficient (Wildman–Crippen LogP) is 5.09. The minimum absolute atomic E-state index is 0.00596. The number of carbonyl (C=O) groups excluding carboxylic acids is 8. The van der Waals surface area contributed by atoms with E-state index in [4.69, 9.17) is 10.5 Å². The second-order valence-electron chi connectivity index (χ2n) is 22.3. The number of ether oxygens (including phenoxy) is 1. The Hall–Kier alpha value is -7.72. The summed E-state index contributed by atoms with van der Waals surface area (Å²) >= 11 is 1.45. The maximum absolute atomic E-state index is 14.4. The third-order valence-electron chi connectivity index (χ3n) is 14.9. The highest BCUT2D eigenvalue weighted by Crippen LogP contribution is 2.40. The van der Waals surface area contributed by atoms with Gasteiger partial charge < -0.3 is 57.1 Å². The number of hydrogen-bond donors (Lipinski definition) is 8. The molecule has 4 atom stereocenters. The molecule has 1 aromatic heterocycles. The molecule has 0 spiro atoms. The number of hydrogen-bond acceptors (Lipinski definition) is 14. The molecule has 0 radical (unpaired) electrons. The fourth-order valence-electron chi connectivity index (χ4n) is 9.85. The van der Waals surface area contributed by atoms with Crippen LogP contribution < -0.4 is 37.1 Å². The number of aryl methyl sites for hydroxylation is 2. The van der Waals surface area contributed by atoms with E-state index in [1.807, 2.05) is 39.8 Å². The fourth-order valence-corrected chi connectivity index (χ4v) is 10.7. The largest absolute Gasteiger partial charge is 0.507 e. The molecule has 2 fully saturated rings. The van der Waals surface area contributed by atoms with Gasteiger partial charge in [0.25, 0.3) is 29.5 Å². The number of unbranched alkanes of at least 4 members (excludes halogenated alkanes) is 4. The number of phenols is 1. The first-order valence-electron chi connectivity index (χ1n) is 27.4. The lowest BCUT2D eigenvalue weighted by molar-refractivity contribution is -0.145. The van der Waals surface area contributed by atoms with Gasteiger partial charge in [0.2, 0.25) is 11.8 Å². The molecule has 3 aliphatic rings. The Bertz CT molecular complexity index is 3060. The van der Waals surface area contributed by atoms with Gasteiger partial charge in [-0.3, -0.25) is 38.4 Å². The third-order valence-corrected chi connectivity index (χ3v) is 15.9. The van der Waals surface area contributed by atoms with Crippen molar-refractivity contribution in [2.24, 2.45) is 17.1 Å². The second-order valence-corrected chi connectivity index (χ2v) is 23.2. The average Bonchev–Trinajstić information content (AvgIpc) is 3.93. The first kappa shape index (κ1) is 60.9. The van der Waals surface area contributed by atoms with Crippen molar-refractivity contribution in [3.05, 3.63) is 111 Å². The highest BCUT2D eigenvalue weighted by atomic mass is 32.1. The van der Waals surface area contributed by atoms with Crippen molar-refractivity contribution in [3.8, 4) is 21.9 Å². The van der Waals surface area contributed by atoms with Crippen molar-refractivity contribution >= 4 is 58.5 Å². The number of nitrogens with one attached hydrogen (secondary N) is 5. The van der Waals surface area contributed by atoms with Gasteiger partial charge in [0, 0.05) is 76.0 Å². The highest BCUT2D eigenvalue weighted by Gasteiger charge is 2.51. The number of rotatable bonds is 25. The van der Waals surface area contributed by atoms with E-state index in [1.54, 1.807) is 29.8 Å². The molecule has 7 amide bonds. The Balaban J connectivity index is 0.824. The number of amides is 7. The molecule has 0 bridgehead atoms. The molecule has 4 aromatic rings. The standard InChI is InChI=1S/C59H74FN9O11S/c1-34-51(81-33-66-34)37-13-15-39(29-64-54(76)46-27-40(70)31-69(46)56(78)43(58(2,3)4)30-65-57(79)59(60)20-21-59)49(26-37)80-32-50(73)62-22-10-8-7-9-11-23-63-52(74)38-14-12-35-17-19-45(42(35)24-38)67-53(75)44(61)28-47(71)36-16-18-41(48(72)25-36)55(77)68(5)6/h12-16,18,24-26,28,33,40,43,45-46,70,72H,7-11,17,19-23,27,29-32,61H2,1-6H3,(H,62,73)(H,63,74)(H,64,76)(H,65,79)(H,67,75)/t40-,43?,45-,46+/m1/s1. The lowest BCUT2D eigenvalue weighted by Gasteiger charge is -2.35. The first-order chi connectivity index (χ1) is 38.4. The molecule has 3 aromatic carbocycles. The minimum Gasteiger partial charge on any atom is -0.507 e. The lowest BCUT2D eigenvalue weighted by Crippen LogP contribution is -2.52. The zero-order chi connectivity index (χ0) is 58.8. The summed E-state index contributed by atoms with van der Waals surface area (Å²) in [5.74, 6) is -4.80. The lowest BCUT2D eigenvalue weighted by atomic mass is 9.79. The number of halogens is 1. The van der Waals surface area contributed by atoms with Gasteiger partial charge in [-0.2, -0.15) is 0 Å². The van der Waals surface area contributed by atoms with Crippen molar-refractivity contribution in [1.29, 1.82) is 0 Å². The number of aromatic hydroxyl groups is 1. The van der Waals surface area contributed by atoms with Gasteiger partial charge in [-0.1, -0.05) is 58.2 Å². The van der Waals surface area contributed by atoms with E-state index in [2.05, 4.69) is 31.6 Å². The number of fused-ring (bicyclic) bond motifs is 1. The first-order valence-corrected chi connectivity index (χ1v) is 28.3. The predicted molar refractivity (Wildman–Crippen MR) is 302 cm³/mol. The molecule has 9 N–H and O–H groups in total. The van der Waals surface area contributed by atoms with E-state index in [9.17, 15) is 53.0 Å². The number of aromatic nitrogens is 1. The molecule has 1 saturated carbocycles. The van der Waals surface area contributed by atoms with E-state index in [0.717, 1.165) is 71.5 Å². The van der Waals surface area contributed by atoms with Crippen LogP contribution in [0.1, 0.15) is 138 Å². The molecule has 1 saturated heterocycles. The van der Waals surface area contributed by atoms with Crippen LogP contribution in [0.3, 0.4) is 0 Å². The van der Waals surface area contributed by atoms with Gasteiger partial charge >= 0.3 is 0 Å². The minimum atomic E-state index is -1.91. The van der Waals surface area contributed by atoms with Crippen molar-refractivity contribution in [1.82, 2.24) is 41.4 Å². The molecule has 20 nitrogen and oxygen atoms in total. The SMILES string of the molecule is Cc1ncsc1-c1ccc(CNC(=O)[C@@H]2C[C@@H](O)CN2C(=O)C(CNC(=O)C2(F)CC2)C(C)(C)C)c(OCC(=O)NCCCCCCCNC(=O)c2ccc3c(c2)[C@H](NC(=O)C(N)=CC(=O)c2ccc(C(=O)N(C)C)c(O)c2)CC3)c1. The number of likely N-dealkylation sites (tertiary alicyclic amines) is 1. The van der Waals surface area contributed by atoms with Gasteiger partial charge in [0.05, 0.1) is 39.7 Å². The molecular formula is C59H74FN9O11S. The Morgan fingerprint density at radius 3 is 2.30 bits per heavy atom. The molecule has 7 rings (SSSR count). The summed E-state index contributed by atoms with van der Waals surface area (Å²) in [6, 6.07) is 13.2. The molecule has 81 heavy (non-hydrogen) atoms. The van der Waals surface area contributed by atoms with Crippen molar-refractivity contribution < 1.29 is 57.7 Å². The van der Waals surface area contributed by atoms with Crippen LogP contribution in [-0.2, 0) is 36.9 Å². The van der Waals surface area contributed by atoms with Crippen LogP contribution in [-0.4, -0.2) is 137 Å². The second kappa shape index (κ2) is 26.7. The van der Waals surface area contributed by atoms with E-state index in [0.29, 0.717) is 42.8 Å². The average molecular weight is 1140 g/mol. The monoisotopic (exact) mass is 1140 g/mol.